The molecule has 1 aromatic carbocycles. The molecule has 0 bridgehead atoms. The second-order valence-corrected chi connectivity index (χ2v) is 5.39. The summed E-state index contributed by atoms with van der Waals surface area (Å²) < 4.78 is 2.22. The zero-order valence-corrected chi connectivity index (χ0v) is 11.3. The summed E-state index contributed by atoms with van der Waals surface area (Å²) in [5.74, 6) is 0.919. The molecule has 1 heterocycles. The van der Waals surface area contributed by atoms with Crippen molar-refractivity contribution in [2.45, 2.75) is 45.1 Å². The summed E-state index contributed by atoms with van der Waals surface area (Å²) in [4.78, 5) is 0. The van der Waals surface area contributed by atoms with Crippen LogP contribution in [0.15, 0.2) is 24.5 Å². The molecule has 0 radical (unpaired) electrons. The Kier molecular flexibility index (Phi) is 3.23. The van der Waals surface area contributed by atoms with E-state index in [-0.39, 0.29) is 0 Å². The Labute approximate surface area is 113 Å². The predicted molar refractivity (Wildman–Crippen MR) is 76.7 cm³/mol. The Morgan fingerprint density at radius 3 is 2.74 bits per heavy atom. The fourth-order valence-corrected chi connectivity index (χ4v) is 3.04. The van der Waals surface area contributed by atoms with Crippen molar-refractivity contribution in [3.63, 3.8) is 0 Å². The van der Waals surface area contributed by atoms with Crippen LogP contribution in [-0.2, 0) is 0 Å². The highest BCUT2D eigenvalue weighted by Crippen LogP contribution is 2.34. The minimum atomic E-state index is 0.526. The molecular weight excluding hydrogens is 236 g/mol. The van der Waals surface area contributed by atoms with Crippen molar-refractivity contribution in [2.75, 3.05) is 5.73 Å². The van der Waals surface area contributed by atoms with Crippen LogP contribution >= 0.6 is 0 Å². The van der Waals surface area contributed by atoms with Crippen LogP contribution in [0.5, 0.6) is 0 Å². The first-order valence-electron chi connectivity index (χ1n) is 7.02. The largest absolute Gasteiger partial charge is 0.398 e. The second kappa shape index (κ2) is 5.03. The summed E-state index contributed by atoms with van der Waals surface area (Å²) in [6.07, 6.45) is 8.24. The molecule has 0 saturated heterocycles. The van der Waals surface area contributed by atoms with E-state index in [9.17, 15) is 0 Å². The number of aryl methyl sites for hydroxylation is 1. The monoisotopic (exact) mass is 256 g/mol. The highest BCUT2D eigenvalue weighted by Gasteiger charge is 2.21. The molecule has 0 unspecified atom stereocenters. The lowest BCUT2D eigenvalue weighted by Crippen LogP contribution is -2.13. The molecule has 1 aliphatic rings. The van der Waals surface area contributed by atoms with E-state index < -0.39 is 0 Å². The third kappa shape index (κ3) is 2.23. The van der Waals surface area contributed by atoms with Gasteiger partial charge in [0.05, 0.1) is 0 Å². The van der Waals surface area contributed by atoms with E-state index >= 15 is 0 Å². The van der Waals surface area contributed by atoms with Gasteiger partial charge in [-0.15, -0.1) is 10.2 Å². The normalized spacial score (nSPS) is 16.7. The minimum absolute atomic E-state index is 0.526. The van der Waals surface area contributed by atoms with Crippen LogP contribution in [0.25, 0.3) is 11.4 Å². The first-order valence-corrected chi connectivity index (χ1v) is 7.02. The van der Waals surface area contributed by atoms with Gasteiger partial charge in [-0.05, 0) is 31.4 Å². The lowest BCUT2D eigenvalue weighted by molar-refractivity contribution is 0.355. The van der Waals surface area contributed by atoms with Crippen LogP contribution in [0.1, 0.15) is 43.7 Å². The van der Waals surface area contributed by atoms with Gasteiger partial charge in [-0.1, -0.05) is 31.4 Å². The Hall–Kier alpha value is -1.84. The van der Waals surface area contributed by atoms with Crippen molar-refractivity contribution >= 4 is 5.69 Å². The predicted octanol–water partition coefficient (Wildman–Crippen LogP) is 3.34. The number of rotatable bonds is 2. The zero-order chi connectivity index (χ0) is 13.2. The number of hydrogen-bond acceptors (Lipinski definition) is 3. The van der Waals surface area contributed by atoms with Crippen LogP contribution < -0.4 is 5.73 Å². The van der Waals surface area contributed by atoms with Crippen molar-refractivity contribution in [1.29, 1.82) is 0 Å². The Morgan fingerprint density at radius 2 is 2.00 bits per heavy atom. The summed E-state index contributed by atoms with van der Waals surface area (Å²) in [5, 5.41) is 8.43. The quantitative estimate of drug-likeness (QED) is 0.838. The van der Waals surface area contributed by atoms with E-state index in [1.54, 1.807) is 0 Å². The average molecular weight is 256 g/mol. The van der Waals surface area contributed by atoms with E-state index in [4.69, 9.17) is 5.73 Å². The Morgan fingerprint density at radius 1 is 1.21 bits per heavy atom. The van der Waals surface area contributed by atoms with Gasteiger partial charge >= 0.3 is 0 Å². The second-order valence-electron chi connectivity index (χ2n) is 5.39. The lowest BCUT2D eigenvalue weighted by Gasteiger charge is -2.24. The Balaban J connectivity index is 2.04. The highest BCUT2D eigenvalue weighted by molar-refractivity contribution is 5.74. The van der Waals surface area contributed by atoms with Gasteiger partial charge in [0.2, 0.25) is 0 Å². The number of nitrogen functional groups attached to an aromatic ring is 1. The molecule has 100 valence electrons. The highest BCUT2D eigenvalue weighted by atomic mass is 15.3. The fraction of sp³-hybridized carbons (Fsp3) is 0.467. The van der Waals surface area contributed by atoms with Gasteiger partial charge < -0.3 is 10.3 Å². The van der Waals surface area contributed by atoms with Crippen molar-refractivity contribution in [1.82, 2.24) is 14.8 Å². The van der Waals surface area contributed by atoms with Crippen LogP contribution in [0.2, 0.25) is 0 Å². The molecule has 1 aromatic heterocycles. The van der Waals surface area contributed by atoms with Crippen LogP contribution in [0.3, 0.4) is 0 Å². The molecule has 19 heavy (non-hydrogen) atoms. The Bertz CT molecular complexity index is 547. The van der Waals surface area contributed by atoms with Gasteiger partial charge in [-0.2, -0.15) is 0 Å². The molecule has 3 rings (SSSR count). The molecule has 1 fully saturated rings. The first kappa shape index (κ1) is 12.2. The van der Waals surface area contributed by atoms with Crippen molar-refractivity contribution in [2.24, 2.45) is 0 Å². The van der Waals surface area contributed by atoms with Gasteiger partial charge in [0, 0.05) is 17.3 Å². The van der Waals surface area contributed by atoms with E-state index in [1.165, 1.54) is 32.1 Å². The minimum Gasteiger partial charge on any atom is -0.398 e. The summed E-state index contributed by atoms with van der Waals surface area (Å²) in [7, 11) is 0. The van der Waals surface area contributed by atoms with E-state index in [2.05, 4.69) is 27.8 Å². The summed E-state index contributed by atoms with van der Waals surface area (Å²) in [6.45, 7) is 2.07. The van der Waals surface area contributed by atoms with Gasteiger partial charge in [0.1, 0.15) is 6.33 Å². The molecule has 0 amide bonds. The molecule has 0 atom stereocenters. The number of benzene rings is 1. The molecule has 4 heteroatoms. The summed E-state index contributed by atoms with van der Waals surface area (Å²) >= 11 is 0. The van der Waals surface area contributed by atoms with Gasteiger partial charge in [0.15, 0.2) is 5.82 Å². The SMILES string of the molecule is Cc1cccc(N)c1-c1nncn1C1CCCCC1. The molecule has 2 aromatic rings. The first-order chi connectivity index (χ1) is 9.27. The molecule has 0 aliphatic heterocycles. The number of hydrogen-bond donors (Lipinski definition) is 1. The molecule has 1 aliphatic carbocycles. The van der Waals surface area contributed by atoms with Gasteiger partial charge in [0.25, 0.3) is 0 Å². The molecule has 0 spiro atoms. The van der Waals surface area contributed by atoms with Crippen molar-refractivity contribution in [3.8, 4) is 11.4 Å². The average Bonchev–Trinajstić information content (AvgIpc) is 2.89. The van der Waals surface area contributed by atoms with E-state index in [0.717, 1.165) is 22.6 Å². The fourth-order valence-electron chi connectivity index (χ4n) is 3.04. The lowest BCUT2D eigenvalue weighted by atomic mass is 9.95. The molecular formula is C15H20N4. The van der Waals surface area contributed by atoms with E-state index in [0.29, 0.717) is 6.04 Å². The summed E-state index contributed by atoms with van der Waals surface area (Å²) in [5.41, 5.74) is 9.10. The standard InChI is InChI=1S/C15H20N4/c1-11-6-5-9-13(16)14(11)15-18-17-10-19(15)12-7-3-2-4-8-12/h5-6,9-10,12H,2-4,7-8,16H2,1H3. The van der Waals surface area contributed by atoms with Crippen LogP contribution in [-0.4, -0.2) is 14.8 Å². The van der Waals surface area contributed by atoms with Crippen LogP contribution in [0.4, 0.5) is 5.69 Å². The van der Waals surface area contributed by atoms with E-state index in [1.807, 2.05) is 18.5 Å². The number of nitrogens with two attached hydrogens (primary N) is 1. The number of aromatic nitrogens is 3. The third-order valence-electron chi connectivity index (χ3n) is 4.07. The van der Waals surface area contributed by atoms with Gasteiger partial charge in [-0.25, -0.2) is 0 Å². The molecule has 4 nitrogen and oxygen atoms in total. The van der Waals surface area contributed by atoms with Crippen LogP contribution in [0, 0.1) is 6.92 Å². The third-order valence-corrected chi connectivity index (χ3v) is 4.07. The number of nitrogens with zero attached hydrogens (tertiary/aromatic N) is 3. The smallest absolute Gasteiger partial charge is 0.166 e. The van der Waals surface area contributed by atoms with Crippen molar-refractivity contribution in [3.05, 3.63) is 30.1 Å². The summed E-state index contributed by atoms with van der Waals surface area (Å²) in [6, 6.07) is 6.52. The topological polar surface area (TPSA) is 56.7 Å². The maximum absolute atomic E-state index is 6.13. The van der Waals surface area contributed by atoms with Gasteiger partial charge in [-0.3, -0.25) is 0 Å². The zero-order valence-electron chi connectivity index (χ0n) is 11.3. The molecule has 2 N–H and O–H groups in total. The number of anilines is 1. The maximum Gasteiger partial charge on any atom is 0.166 e. The van der Waals surface area contributed by atoms with Crippen molar-refractivity contribution < 1.29 is 0 Å². The molecule has 1 saturated carbocycles. The maximum atomic E-state index is 6.13.